The van der Waals surface area contributed by atoms with Gasteiger partial charge in [0.25, 0.3) is 0 Å². The average molecular weight is 369 g/mol. The van der Waals surface area contributed by atoms with Crippen molar-refractivity contribution in [2.75, 3.05) is 19.7 Å². The number of piperidine rings is 1. The molecule has 1 aromatic heterocycles. The summed E-state index contributed by atoms with van der Waals surface area (Å²) in [6, 6.07) is 10.2. The van der Waals surface area contributed by atoms with Gasteiger partial charge in [0.05, 0.1) is 24.0 Å². The molecule has 3 aromatic rings. The molecule has 6 heteroatoms. The van der Waals surface area contributed by atoms with Gasteiger partial charge in [-0.3, -0.25) is 4.90 Å². The van der Waals surface area contributed by atoms with Crippen LogP contribution in [0.15, 0.2) is 42.7 Å². The van der Waals surface area contributed by atoms with E-state index in [0.717, 1.165) is 49.2 Å². The smallest absolute Gasteiger partial charge is 0.162 e. The van der Waals surface area contributed by atoms with Crippen LogP contribution in [0.3, 0.4) is 0 Å². The van der Waals surface area contributed by atoms with Crippen molar-refractivity contribution in [3.63, 3.8) is 0 Å². The van der Waals surface area contributed by atoms with E-state index in [1.54, 1.807) is 0 Å². The molecule has 2 atom stereocenters. The van der Waals surface area contributed by atoms with Gasteiger partial charge in [-0.1, -0.05) is 6.07 Å². The van der Waals surface area contributed by atoms with Crippen LogP contribution in [0.4, 0.5) is 8.78 Å². The number of nitrogens with zero attached hydrogens (tertiary/aromatic N) is 3. The number of aromatic nitrogens is 2. The van der Waals surface area contributed by atoms with Crippen molar-refractivity contribution in [2.45, 2.75) is 13.0 Å². The van der Waals surface area contributed by atoms with Crippen LogP contribution in [0, 0.1) is 23.0 Å². The van der Waals surface area contributed by atoms with Crippen molar-refractivity contribution in [2.24, 2.45) is 18.4 Å². The first-order valence-corrected chi connectivity index (χ1v) is 9.23. The number of hydrogen-bond acceptors (Lipinski definition) is 3. The van der Waals surface area contributed by atoms with Crippen molar-refractivity contribution >= 4 is 11.0 Å². The van der Waals surface area contributed by atoms with E-state index in [1.165, 1.54) is 11.6 Å². The van der Waals surface area contributed by atoms with Gasteiger partial charge in [0.1, 0.15) is 5.75 Å². The molecule has 140 valence electrons. The second kappa shape index (κ2) is 6.02. The number of imidazole rings is 1. The van der Waals surface area contributed by atoms with E-state index in [9.17, 15) is 8.78 Å². The molecule has 5 rings (SSSR count). The Bertz CT molecular complexity index is 1020. The summed E-state index contributed by atoms with van der Waals surface area (Å²) in [5.74, 6) is -0.689. The van der Waals surface area contributed by atoms with Crippen LogP contribution in [0.5, 0.6) is 5.75 Å². The maximum atomic E-state index is 13.3. The van der Waals surface area contributed by atoms with Gasteiger partial charge >= 0.3 is 0 Å². The SMILES string of the molecule is Cn1cnc2cc(CN3CC4CC4(COc4ccc(F)c(F)c4)C3)ccc21. The highest BCUT2D eigenvalue weighted by Gasteiger charge is 2.60. The molecular weight excluding hydrogens is 348 g/mol. The molecule has 2 aliphatic rings. The zero-order valence-corrected chi connectivity index (χ0v) is 15.2. The molecule has 0 N–H and O–H groups in total. The molecular formula is C21H21F2N3O. The van der Waals surface area contributed by atoms with Gasteiger partial charge in [-0.2, -0.15) is 0 Å². The fraction of sp³-hybridized carbons (Fsp3) is 0.381. The summed E-state index contributed by atoms with van der Waals surface area (Å²) < 4.78 is 34.2. The van der Waals surface area contributed by atoms with E-state index in [-0.39, 0.29) is 5.41 Å². The van der Waals surface area contributed by atoms with Crippen molar-refractivity contribution in [3.8, 4) is 5.75 Å². The molecule has 2 heterocycles. The molecule has 1 saturated carbocycles. The van der Waals surface area contributed by atoms with Gasteiger partial charge in [0.15, 0.2) is 11.6 Å². The second-order valence-electron chi connectivity index (χ2n) is 7.98. The van der Waals surface area contributed by atoms with Gasteiger partial charge < -0.3 is 9.30 Å². The number of rotatable bonds is 5. The van der Waals surface area contributed by atoms with E-state index in [4.69, 9.17) is 4.74 Å². The minimum atomic E-state index is -0.865. The highest BCUT2D eigenvalue weighted by Crippen LogP contribution is 2.58. The first kappa shape index (κ1) is 16.7. The van der Waals surface area contributed by atoms with E-state index < -0.39 is 11.6 Å². The number of halogens is 2. The van der Waals surface area contributed by atoms with Gasteiger partial charge in [-0.15, -0.1) is 0 Å². The Morgan fingerprint density at radius 1 is 1.19 bits per heavy atom. The predicted octanol–water partition coefficient (Wildman–Crippen LogP) is 3.75. The lowest BCUT2D eigenvalue weighted by Crippen LogP contribution is -2.27. The highest BCUT2D eigenvalue weighted by molar-refractivity contribution is 5.75. The minimum Gasteiger partial charge on any atom is -0.493 e. The fourth-order valence-electron chi connectivity index (χ4n) is 4.38. The monoisotopic (exact) mass is 369 g/mol. The second-order valence-corrected chi connectivity index (χ2v) is 7.98. The Kier molecular flexibility index (Phi) is 3.72. The summed E-state index contributed by atoms with van der Waals surface area (Å²) in [5, 5.41) is 0. The first-order chi connectivity index (χ1) is 13.0. The molecule has 2 aromatic carbocycles. The Morgan fingerprint density at radius 2 is 2.07 bits per heavy atom. The first-order valence-electron chi connectivity index (χ1n) is 9.23. The van der Waals surface area contributed by atoms with Crippen molar-refractivity contribution < 1.29 is 13.5 Å². The lowest BCUT2D eigenvalue weighted by Gasteiger charge is -2.21. The number of likely N-dealkylation sites (tertiary alicyclic amines) is 1. The number of ether oxygens (including phenoxy) is 1. The Labute approximate surface area is 156 Å². The maximum absolute atomic E-state index is 13.3. The molecule has 1 saturated heterocycles. The third-order valence-electron chi connectivity index (χ3n) is 5.99. The molecule has 0 spiro atoms. The average Bonchev–Trinajstić information content (AvgIpc) is 3.00. The van der Waals surface area contributed by atoms with E-state index in [1.807, 2.05) is 17.9 Å². The number of aryl methyl sites for hydroxylation is 1. The van der Waals surface area contributed by atoms with Gasteiger partial charge in [0, 0.05) is 38.2 Å². The third kappa shape index (κ3) is 2.98. The molecule has 2 fully saturated rings. The summed E-state index contributed by atoms with van der Waals surface area (Å²) in [4.78, 5) is 6.89. The summed E-state index contributed by atoms with van der Waals surface area (Å²) in [6.07, 6.45) is 2.98. The van der Waals surface area contributed by atoms with Crippen LogP contribution >= 0.6 is 0 Å². The van der Waals surface area contributed by atoms with Gasteiger partial charge in [-0.25, -0.2) is 13.8 Å². The van der Waals surface area contributed by atoms with Crippen molar-refractivity contribution in [3.05, 3.63) is 59.9 Å². The summed E-state index contributed by atoms with van der Waals surface area (Å²) in [5.41, 5.74) is 3.58. The standard InChI is InChI=1S/C21H21F2N3O/c1-25-13-24-19-6-14(2-5-20(19)25)9-26-10-15-8-21(15,11-26)12-27-16-3-4-17(22)18(23)7-16/h2-7,13,15H,8-12H2,1H3. The molecule has 4 nitrogen and oxygen atoms in total. The molecule has 27 heavy (non-hydrogen) atoms. The maximum Gasteiger partial charge on any atom is 0.162 e. The molecule has 0 bridgehead atoms. The van der Waals surface area contributed by atoms with Crippen molar-refractivity contribution in [1.29, 1.82) is 0 Å². The topological polar surface area (TPSA) is 30.3 Å². The zero-order chi connectivity index (χ0) is 18.6. The Hall–Kier alpha value is -2.47. The van der Waals surface area contributed by atoms with Crippen LogP contribution in [0.2, 0.25) is 0 Å². The predicted molar refractivity (Wildman–Crippen MR) is 98.4 cm³/mol. The van der Waals surface area contributed by atoms with Crippen LogP contribution in [0.25, 0.3) is 11.0 Å². The zero-order valence-electron chi connectivity index (χ0n) is 15.2. The molecule has 1 aliphatic heterocycles. The lowest BCUT2D eigenvalue weighted by molar-refractivity contribution is 0.200. The van der Waals surface area contributed by atoms with Crippen LogP contribution in [0.1, 0.15) is 12.0 Å². The summed E-state index contributed by atoms with van der Waals surface area (Å²) >= 11 is 0. The molecule has 0 radical (unpaired) electrons. The number of fused-ring (bicyclic) bond motifs is 2. The number of hydrogen-bond donors (Lipinski definition) is 0. The third-order valence-corrected chi connectivity index (χ3v) is 5.99. The van der Waals surface area contributed by atoms with E-state index >= 15 is 0 Å². The molecule has 0 amide bonds. The summed E-state index contributed by atoms with van der Waals surface area (Å²) in [7, 11) is 2.00. The highest BCUT2D eigenvalue weighted by atomic mass is 19.2. The molecule has 2 unspecified atom stereocenters. The fourth-order valence-corrected chi connectivity index (χ4v) is 4.38. The van der Waals surface area contributed by atoms with Crippen LogP contribution < -0.4 is 4.74 Å². The number of benzene rings is 2. The Balaban J connectivity index is 1.22. The largest absolute Gasteiger partial charge is 0.493 e. The summed E-state index contributed by atoms with van der Waals surface area (Å²) in [6.45, 7) is 3.48. The normalized spacial score (nSPS) is 24.3. The lowest BCUT2D eigenvalue weighted by atomic mass is 10.1. The minimum absolute atomic E-state index is 0.153. The van der Waals surface area contributed by atoms with E-state index in [2.05, 4.69) is 28.1 Å². The van der Waals surface area contributed by atoms with Crippen LogP contribution in [-0.2, 0) is 13.6 Å². The van der Waals surface area contributed by atoms with Gasteiger partial charge in [0.2, 0.25) is 0 Å². The van der Waals surface area contributed by atoms with Gasteiger partial charge in [-0.05, 0) is 42.2 Å². The van der Waals surface area contributed by atoms with Crippen LogP contribution in [-0.4, -0.2) is 34.1 Å². The molecule has 1 aliphatic carbocycles. The van der Waals surface area contributed by atoms with Crippen molar-refractivity contribution in [1.82, 2.24) is 14.5 Å². The Morgan fingerprint density at radius 3 is 2.93 bits per heavy atom. The van der Waals surface area contributed by atoms with E-state index in [0.29, 0.717) is 18.3 Å². The quantitative estimate of drug-likeness (QED) is 0.686.